The molecule has 0 aliphatic carbocycles. The topological polar surface area (TPSA) is 49.0 Å². The molecule has 0 saturated carbocycles. The number of nitrogens with one attached hydrogen (secondary N) is 1. The number of hydrogen-bond acceptors (Lipinski definition) is 5. The van der Waals surface area contributed by atoms with Crippen molar-refractivity contribution in [3.63, 3.8) is 0 Å². The molecule has 0 amide bonds. The molecule has 1 N–H and O–H groups in total. The fourth-order valence-corrected chi connectivity index (χ4v) is 3.25. The highest BCUT2D eigenvalue weighted by Crippen LogP contribution is 2.32. The zero-order chi connectivity index (χ0) is 18.4. The first kappa shape index (κ1) is 23.2. The highest BCUT2D eigenvalue weighted by molar-refractivity contribution is 6.15. The van der Waals surface area contributed by atoms with E-state index in [-0.39, 0.29) is 11.1 Å². The van der Waals surface area contributed by atoms with Gasteiger partial charge in [-0.15, -0.1) is 0 Å². The fourth-order valence-electron chi connectivity index (χ4n) is 2.59. The third-order valence-electron chi connectivity index (χ3n) is 4.84. The van der Waals surface area contributed by atoms with Crippen LogP contribution in [0.25, 0.3) is 0 Å². The molecule has 0 rings (SSSR count). The van der Waals surface area contributed by atoms with Crippen molar-refractivity contribution in [1.29, 1.82) is 0 Å². The zero-order valence-corrected chi connectivity index (χ0v) is 21.0. The summed E-state index contributed by atoms with van der Waals surface area (Å²) in [5.74, 6) is 0. The Morgan fingerprint density at radius 3 is 1.26 bits per heavy atom. The molecule has 23 heavy (non-hydrogen) atoms. The molecule has 2 unspecified atom stereocenters. The summed E-state index contributed by atoms with van der Waals surface area (Å²) in [6.07, 6.45) is 1.93. The van der Waals surface area contributed by atoms with Gasteiger partial charge in [0, 0.05) is 27.4 Å². The highest BCUT2D eigenvalue weighted by atomic mass is 28.2. The maximum Gasteiger partial charge on any atom is 0.158 e. The lowest BCUT2D eigenvalue weighted by Gasteiger charge is -2.52. The molecule has 5 nitrogen and oxygen atoms in total. The molecule has 140 valence electrons. The van der Waals surface area contributed by atoms with Gasteiger partial charge in [0.1, 0.15) is 0 Å². The SMILES string of the molecule is CCCOC([SiH3])(OC)C(C)(C)NC(C)(C)C([SiH3])(OC)OCCC. The Morgan fingerprint density at radius 2 is 1.04 bits per heavy atom. The van der Waals surface area contributed by atoms with Crippen molar-refractivity contribution in [1.82, 2.24) is 5.32 Å². The second-order valence-electron chi connectivity index (χ2n) is 7.37. The molecule has 0 aromatic carbocycles. The van der Waals surface area contributed by atoms with Gasteiger partial charge in [0.05, 0.1) is 31.6 Å². The number of methoxy groups -OCH3 is 2. The molecule has 0 bridgehead atoms. The second kappa shape index (κ2) is 9.08. The Labute approximate surface area is 149 Å². The molecule has 7 heteroatoms. The van der Waals surface area contributed by atoms with Crippen molar-refractivity contribution in [2.24, 2.45) is 0 Å². The van der Waals surface area contributed by atoms with Gasteiger partial charge in [-0.2, -0.15) is 0 Å². The van der Waals surface area contributed by atoms with Crippen LogP contribution in [0.1, 0.15) is 54.4 Å². The van der Waals surface area contributed by atoms with Gasteiger partial charge in [-0.3, -0.25) is 5.32 Å². The summed E-state index contributed by atoms with van der Waals surface area (Å²) < 4.78 is 23.7. The number of ether oxygens (including phenoxy) is 4. The third kappa shape index (κ3) is 5.62. The molecule has 0 radical (unpaired) electrons. The Balaban J connectivity index is 5.36. The zero-order valence-electron chi connectivity index (χ0n) is 17.0. The van der Waals surface area contributed by atoms with Crippen LogP contribution >= 0.6 is 0 Å². The summed E-state index contributed by atoms with van der Waals surface area (Å²) in [7, 11) is 4.94. The second-order valence-corrected chi connectivity index (χ2v) is 10.0. The first-order valence-electron chi connectivity index (χ1n) is 8.62. The van der Waals surface area contributed by atoms with E-state index in [0.717, 1.165) is 33.3 Å². The molecule has 0 saturated heterocycles. The van der Waals surface area contributed by atoms with E-state index in [4.69, 9.17) is 18.9 Å². The van der Waals surface area contributed by atoms with Crippen LogP contribution in [0.4, 0.5) is 0 Å². The lowest BCUT2D eigenvalue weighted by Crippen LogP contribution is -2.73. The van der Waals surface area contributed by atoms with Gasteiger partial charge in [-0.05, 0) is 40.5 Å². The molecule has 0 aromatic rings. The van der Waals surface area contributed by atoms with E-state index in [1.54, 1.807) is 14.2 Å². The quantitative estimate of drug-likeness (QED) is 0.399. The molecule has 0 aliphatic heterocycles. The number of hydrogen-bond donors (Lipinski definition) is 1. The summed E-state index contributed by atoms with van der Waals surface area (Å²) in [6.45, 7) is 14.1. The van der Waals surface area contributed by atoms with E-state index in [2.05, 4.69) is 46.9 Å². The van der Waals surface area contributed by atoms with Crippen molar-refractivity contribution in [3.05, 3.63) is 0 Å². The smallest absolute Gasteiger partial charge is 0.158 e. The fraction of sp³-hybridized carbons (Fsp3) is 1.00. The predicted octanol–water partition coefficient (Wildman–Crippen LogP) is 0.318. The van der Waals surface area contributed by atoms with Crippen molar-refractivity contribution in [2.75, 3.05) is 27.4 Å². The average molecular weight is 366 g/mol. The van der Waals surface area contributed by atoms with Crippen molar-refractivity contribution in [3.8, 4) is 0 Å². The van der Waals surface area contributed by atoms with Crippen molar-refractivity contribution in [2.45, 2.75) is 76.3 Å². The van der Waals surface area contributed by atoms with Crippen LogP contribution in [-0.2, 0) is 18.9 Å². The number of rotatable bonds is 12. The first-order valence-corrected chi connectivity index (χ1v) is 10.6. The van der Waals surface area contributed by atoms with Gasteiger partial charge in [0.2, 0.25) is 0 Å². The van der Waals surface area contributed by atoms with E-state index in [0.29, 0.717) is 13.2 Å². The van der Waals surface area contributed by atoms with Crippen molar-refractivity contribution < 1.29 is 18.9 Å². The summed E-state index contributed by atoms with van der Waals surface area (Å²) >= 11 is 0. The molecule has 0 spiro atoms. The molecule has 0 fully saturated rings. The van der Waals surface area contributed by atoms with Gasteiger partial charge in [-0.1, -0.05) is 13.8 Å². The maximum absolute atomic E-state index is 6.07. The van der Waals surface area contributed by atoms with Gasteiger partial charge in [0.15, 0.2) is 10.8 Å². The van der Waals surface area contributed by atoms with Gasteiger partial charge in [0.25, 0.3) is 0 Å². The van der Waals surface area contributed by atoms with E-state index in [9.17, 15) is 0 Å². The largest absolute Gasteiger partial charge is 0.356 e. The van der Waals surface area contributed by atoms with Crippen LogP contribution in [-0.4, -0.2) is 69.8 Å². The van der Waals surface area contributed by atoms with Crippen LogP contribution in [0.3, 0.4) is 0 Å². The Morgan fingerprint density at radius 1 is 0.739 bits per heavy atom. The van der Waals surface area contributed by atoms with Crippen LogP contribution in [0, 0.1) is 0 Å². The lowest BCUT2D eigenvalue weighted by atomic mass is 9.95. The minimum Gasteiger partial charge on any atom is -0.356 e. The first-order chi connectivity index (χ1) is 10.4. The summed E-state index contributed by atoms with van der Waals surface area (Å²) in [6, 6.07) is 0. The monoisotopic (exact) mass is 365 g/mol. The van der Waals surface area contributed by atoms with Crippen LogP contribution in [0.5, 0.6) is 0 Å². The van der Waals surface area contributed by atoms with Crippen LogP contribution in [0.2, 0.25) is 0 Å². The third-order valence-corrected chi connectivity index (χ3v) is 8.73. The minimum atomic E-state index is -0.610. The van der Waals surface area contributed by atoms with Gasteiger partial charge < -0.3 is 18.9 Å². The van der Waals surface area contributed by atoms with E-state index in [1.165, 1.54) is 0 Å². The van der Waals surface area contributed by atoms with E-state index < -0.39 is 10.8 Å². The Hall–Kier alpha value is 0.234. The standard InChI is InChI=1S/C16H39NO4Si2/c1-9-11-20-15(22,18-7)13(3,4)17-14(5,6)16(23,19-8)21-12-10-2/h17H,9-12H2,1-8,22-23H3. The minimum absolute atomic E-state index is 0.379. The highest BCUT2D eigenvalue weighted by Gasteiger charge is 2.50. The van der Waals surface area contributed by atoms with E-state index >= 15 is 0 Å². The molecule has 0 aliphatic rings. The van der Waals surface area contributed by atoms with Crippen molar-refractivity contribution >= 4 is 20.5 Å². The molecule has 0 aromatic heterocycles. The summed E-state index contributed by atoms with van der Waals surface area (Å²) in [4.78, 5) is 0. The average Bonchev–Trinajstić information content (AvgIpc) is 2.48. The van der Waals surface area contributed by atoms with Crippen LogP contribution < -0.4 is 5.32 Å². The molecular weight excluding hydrogens is 326 g/mol. The molecular formula is C16H39NO4Si2. The summed E-state index contributed by atoms with van der Waals surface area (Å²) in [5, 5.41) is 3.70. The predicted molar refractivity (Wildman–Crippen MR) is 103 cm³/mol. The summed E-state index contributed by atoms with van der Waals surface area (Å²) in [5.41, 5.74) is -1.98. The Bertz CT molecular complexity index is 323. The molecule has 2 atom stereocenters. The van der Waals surface area contributed by atoms with E-state index in [1.807, 2.05) is 0 Å². The van der Waals surface area contributed by atoms with Gasteiger partial charge in [-0.25, -0.2) is 0 Å². The van der Waals surface area contributed by atoms with Gasteiger partial charge >= 0.3 is 0 Å². The van der Waals surface area contributed by atoms with Crippen LogP contribution in [0.15, 0.2) is 0 Å². The molecule has 0 heterocycles. The maximum atomic E-state index is 6.07. The lowest BCUT2D eigenvalue weighted by molar-refractivity contribution is -0.234. The normalized spacial score (nSPS) is 18.8. The Kier molecular flexibility index (Phi) is 9.17.